The van der Waals surface area contributed by atoms with Gasteiger partial charge < -0.3 is 15.0 Å². The van der Waals surface area contributed by atoms with Crippen LogP contribution in [0.5, 0.6) is 5.75 Å². The molecule has 8 heteroatoms. The Balaban J connectivity index is 1.54. The zero-order valence-corrected chi connectivity index (χ0v) is 13.7. The second kappa shape index (κ2) is 5.97. The molecule has 0 saturated carbocycles. The minimum Gasteiger partial charge on any atom is -0.497 e. The SMILES string of the molecule is COc1ccc(NC(=O)N2CCc3nc4cc[nH]n4c(=O)c3C2)cc1. The van der Waals surface area contributed by atoms with E-state index in [9.17, 15) is 9.59 Å². The van der Waals surface area contributed by atoms with Crippen LogP contribution in [-0.4, -0.2) is 39.2 Å². The molecule has 8 nitrogen and oxygen atoms in total. The lowest BCUT2D eigenvalue weighted by Crippen LogP contribution is -2.42. The Bertz CT molecular complexity index is 990. The first-order valence-electron chi connectivity index (χ1n) is 7.93. The average molecular weight is 339 g/mol. The molecule has 0 spiro atoms. The fourth-order valence-electron chi connectivity index (χ4n) is 2.97. The molecule has 0 bridgehead atoms. The first-order chi connectivity index (χ1) is 12.2. The van der Waals surface area contributed by atoms with Crippen LogP contribution in [0.3, 0.4) is 0 Å². The molecule has 2 amide bonds. The van der Waals surface area contributed by atoms with Gasteiger partial charge in [-0.2, -0.15) is 0 Å². The first-order valence-corrected chi connectivity index (χ1v) is 7.93. The molecule has 0 atom stereocenters. The van der Waals surface area contributed by atoms with Gasteiger partial charge in [0.05, 0.1) is 24.9 Å². The quantitative estimate of drug-likeness (QED) is 0.742. The van der Waals surface area contributed by atoms with Gasteiger partial charge in [-0.1, -0.05) is 0 Å². The number of hydrogen-bond acceptors (Lipinski definition) is 4. The number of ether oxygens (including phenoxy) is 1. The maximum Gasteiger partial charge on any atom is 0.322 e. The smallest absolute Gasteiger partial charge is 0.322 e. The lowest BCUT2D eigenvalue weighted by molar-refractivity contribution is 0.205. The van der Waals surface area contributed by atoms with E-state index in [1.165, 1.54) is 4.52 Å². The summed E-state index contributed by atoms with van der Waals surface area (Å²) in [5, 5.41) is 5.68. The third-order valence-corrected chi connectivity index (χ3v) is 4.32. The molecule has 0 saturated heterocycles. The lowest BCUT2D eigenvalue weighted by Gasteiger charge is -2.27. The standard InChI is InChI=1S/C17H17N5O3/c1-25-12-4-2-11(3-5-12)19-17(24)21-9-7-14-13(10-21)16(23)22-15(20-14)6-8-18-22/h2-6,8,18H,7,9-10H2,1H3,(H,19,24). The molecule has 2 N–H and O–H groups in total. The van der Waals surface area contributed by atoms with Crippen molar-refractivity contribution in [3.05, 3.63) is 58.1 Å². The molecule has 1 aliphatic heterocycles. The third kappa shape index (κ3) is 2.71. The number of fused-ring (bicyclic) bond motifs is 2. The number of anilines is 1. The van der Waals surface area contributed by atoms with E-state index in [1.54, 1.807) is 48.5 Å². The Morgan fingerprint density at radius 3 is 2.84 bits per heavy atom. The van der Waals surface area contributed by atoms with E-state index in [0.717, 1.165) is 11.4 Å². The van der Waals surface area contributed by atoms with E-state index in [2.05, 4.69) is 15.4 Å². The summed E-state index contributed by atoms with van der Waals surface area (Å²) in [7, 11) is 1.59. The number of hydrogen-bond donors (Lipinski definition) is 2. The number of nitrogens with zero attached hydrogens (tertiary/aromatic N) is 3. The lowest BCUT2D eigenvalue weighted by atomic mass is 10.1. The van der Waals surface area contributed by atoms with Crippen molar-refractivity contribution in [1.82, 2.24) is 19.5 Å². The number of amides is 2. The Hall–Kier alpha value is -3.29. The Labute approximate surface area is 143 Å². The highest BCUT2D eigenvalue weighted by atomic mass is 16.5. The number of rotatable bonds is 2. The normalized spacial score (nSPS) is 13.6. The molecule has 4 rings (SSSR count). The monoisotopic (exact) mass is 339 g/mol. The van der Waals surface area contributed by atoms with Gasteiger partial charge in [0.15, 0.2) is 5.65 Å². The van der Waals surface area contributed by atoms with Gasteiger partial charge in [-0.25, -0.2) is 14.3 Å². The van der Waals surface area contributed by atoms with Gasteiger partial charge in [0.1, 0.15) is 5.75 Å². The van der Waals surface area contributed by atoms with Gasteiger partial charge in [-0.3, -0.25) is 9.89 Å². The second-order valence-electron chi connectivity index (χ2n) is 5.83. The average Bonchev–Trinajstić information content (AvgIpc) is 3.11. The molecule has 3 aromatic rings. The maximum atomic E-state index is 12.6. The van der Waals surface area contributed by atoms with Crippen LogP contribution in [0, 0.1) is 0 Å². The van der Waals surface area contributed by atoms with Gasteiger partial charge in [0.25, 0.3) is 5.56 Å². The number of methoxy groups -OCH3 is 1. The second-order valence-corrected chi connectivity index (χ2v) is 5.83. The van der Waals surface area contributed by atoms with E-state index in [4.69, 9.17) is 4.74 Å². The fourth-order valence-corrected chi connectivity index (χ4v) is 2.97. The van der Waals surface area contributed by atoms with E-state index in [-0.39, 0.29) is 18.1 Å². The molecule has 25 heavy (non-hydrogen) atoms. The summed E-state index contributed by atoms with van der Waals surface area (Å²) in [5.41, 5.74) is 2.42. The topological polar surface area (TPSA) is 91.7 Å². The molecule has 0 unspecified atom stereocenters. The first kappa shape index (κ1) is 15.3. The van der Waals surface area contributed by atoms with Crippen LogP contribution < -0.4 is 15.6 Å². The number of benzene rings is 1. The van der Waals surface area contributed by atoms with Crippen LogP contribution in [0.25, 0.3) is 5.65 Å². The molecular weight excluding hydrogens is 322 g/mol. The van der Waals surface area contributed by atoms with Crippen molar-refractivity contribution in [1.29, 1.82) is 0 Å². The summed E-state index contributed by atoms with van der Waals surface area (Å²) in [4.78, 5) is 31.2. The molecule has 0 fully saturated rings. The molecule has 2 aromatic heterocycles. The van der Waals surface area contributed by atoms with Gasteiger partial charge in [-0.05, 0) is 24.3 Å². The van der Waals surface area contributed by atoms with E-state index in [1.807, 2.05) is 0 Å². The van der Waals surface area contributed by atoms with Crippen LogP contribution in [0.4, 0.5) is 10.5 Å². The van der Waals surface area contributed by atoms with Crippen LogP contribution in [0.15, 0.2) is 41.3 Å². The number of aromatic amines is 1. The summed E-state index contributed by atoms with van der Waals surface area (Å²) >= 11 is 0. The Morgan fingerprint density at radius 2 is 2.08 bits per heavy atom. The number of carbonyl (C=O) groups is 1. The fraction of sp³-hybridized carbons (Fsp3) is 0.235. The predicted molar refractivity (Wildman–Crippen MR) is 91.9 cm³/mol. The maximum absolute atomic E-state index is 12.6. The molecular formula is C17H17N5O3. The highest BCUT2D eigenvalue weighted by Gasteiger charge is 2.25. The van der Waals surface area contributed by atoms with E-state index in [0.29, 0.717) is 29.9 Å². The van der Waals surface area contributed by atoms with E-state index >= 15 is 0 Å². The molecule has 1 aliphatic rings. The number of H-pyrrole nitrogens is 1. The van der Waals surface area contributed by atoms with Crippen molar-refractivity contribution in [2.24, 2.45) is 0 Å². The minimum atomic E-state index is -0.244. The molecule has 0 radical (unpaired) electrons. The van der Waals surface area contributed by atoms with Crippen LogP contribution in [0.2, 0.25) is 0 Å². The number of carbonyl (C=O) groups excluding carboxylic acids is 1. The van der Waals surface area contributed by atoms with Crippen molar-refractivity contribution in [2.45, 2.75) is 13.0 Å². The predicted octanol–water partition coefficient (Wildman–Crippen LogP) is 1.62. The summed E-state index contributed by atoms with van der Waals surface area (Å²) in [6.45, 7) is 0.757. The van der Waals surface area contributed by atoms with Gasteiger partial charge in [0, 0.05) is 30.9 Å². The zero-order valence-electron chi connectivity index (χ0n) is 13.7. The van der Waals surface area contributed by atoms with Crippen molar-refractivity contribution in [3.8, 4) is 5.75 Å². The van der Waals surface area contributed by atoms with Crippen LogP contribution in [-0.2, 0) is 13.0 Å². The van der Waals surface area contributed by atoms with Crippen molar-refractivity contribution in [2.75, 3.05) is 19.0 Å². The van der Waals surface area contributed by atoms with Crippen molar-refractivity contribution in [3.63, 3.8) is 0 Å². The number of urea groups is 1. The molecule has 128 valence electrons. The highest BCUT2D eigenvalue weighted by molar-refractivity contribution is 5.89. The highest BCUT2D eigenvalue weighted by Crippen LogP contribution is 2.18. The number of nitrogens with one attached hydrogen (secondary N) is 2. The van der Waals surface area contributed by atoms with Crippen LogP contribution in [0.1, 0.15) is 11.3 Å². The molecule has 1 aromatic carbocycles. The summed E-state index contributed by atoms with van der Waals surface area (Å²) in [6, 6.07) is 8.61. The largest absolute Gasteiger partial charge is 0.497 e. The van der Waals surface area contributed by atoms with Crippen LogP contribution >= 0.6 is 0 Å². The third-order valence-electron chi connectivity index (χ3n) is 4.32. The summed E-state index contributed by atoms with van der Waals surface area (Å²) in [6.07, 6.45) is 2.23. The summed E-state index contributed by atoms with van der Waals surface area (Å²) < 4.78 is 6.49. The van der Waals surface area contributed by atoms with Crippen molar-refractivity contribution < 1.29 is 9.53 Å². The minimum absolute atomic E-state index is 0.160. The Morgan fingerprint density at radius 1 is 1.28 bits per heavy atom. The Kier molecular flexibility index (Phi) is 3.64. The van der Waals surface area contributed by atoms with Gasteiger partial charge >= 0.3 is 6.03 Å². The zero-order chi connectivity index (χ0) is 17.4. The van der Waals surface area contributed by atoms with Gasteiger partial charge in [-0.15, -0.1) is 0 Å². The summed E-state index contributed by atoms with van der Waals surface area (Å²) in [5.74, 6) is 0.721. The number of aromatic nitrogens is 3. The molecule has 0 aliphatic carbocycles. The molecule has 3 heterocycles. The van der Waals surface area contributed by atoms with Crippen molar-refractivity contribution >= 4 is 17.4 Å². The van der Waals surface area contributed by atoms with Gasteiger partial charge in [0.2, 0.25) is 0 Å². The van der Waals surface area contributed by atoms with E-state index < -0.39 is 0 Å².